The van der Waals surface area contributed by atoms with Gasteiger partial charge in [0.1, 0.15) is 11.6 Å². The van der Waals surface area contributed by atoms with Crippen molar-refractivity contribution < 1.29 is 19.4 Å². The summed E-state index contributed by atoms with van der Waals surface area (Å²) in [7, 11) is 0. The van der Waals surface area contributed by atoms with Crippen LogP contribution < -0.4 is 0 Å². The molecule has 1 unspecified atom stereocenters. The Balaban J connectivity index is 2.13. The SMILES string of the molecule is CC(c1ccc(F)cc1O)N(CCC(=O)O)C1CC1. The predicted octanol–water partition coefficient (Wildman–Crippen LogP) is 2.53. The second-order valence-electron chi connectivity index (χ2n) is 4.99. The number of aliphatic carboxylic acids is 1. The predicted molar refractivity (Wildman–Crippen MR) is 68.5 cm³/mol. The van der Waals surface area contributed by atoms with E-state index >= 15 is 0 Å². The summed E-state index contributed by atoms with van der Waals surface area (Å²) in [6.07, 6.45) is 2.17. The number of hydrogen-bond acceptors (Lipinski definition) is 3. The van der Waals surface area contributed by atoms with Crippen LogP contribution in [0.25, 0.3) is 0 Å². The van der Waals surface area contributed by atoms with Gasteiger partial charge in [-0.05, 0) is 25.8 Å². The first-order valence-corrected chi connectivity index (χ1v) is 6.45. The molecule has 1 atom stereocenters. The van der Waals surface area contributed by atoms with Gasteiger partial charge in [0.15, 0.2) is 0 Å². The summed E-state index contributed by atoms with van der Waals surface area (Å²) < 4.78 is 13.0. The highest BCUT2D eigenvalue weighted by Crippen LogP contribution is 2.37. The van der Waals surface area contributed by atoms with Gasteiger partial charge in [-0.25, -0.2) is 4.39 Å². The molecule has 0 aliphatic heterocycles. The molecule has 0 saturated heterocycles. The Kier molecular flexibility index (Phi) is 4.04. The first kappa shape index (κ1) is 13.8. The smallest absolute Gasteiger partial charge is 0.304 e. The maximum Gasteiger partial charge on any atom is 0.304 e. The van der Waals surface area contributed by atoms with Gasteiger partial charge in [0.2, 0.25) is 0 Å². The Morgan fingerprint density at radius 3 is 2.74 bits per heavy atom. The molecule has 4 nitrogen and oxygen atoms in total. The minimum atomic E-state index is -0.832. The zero-order valence-corrected chi connectivity index (χ0v) is 10.8. The highest BCUT2D eigenvalue weighted by molar-refractivity contribution is 5.66. The summed E-state index contributed by atoms with van der Waals surface area (Å²) in [6.45, 7) is 2.35. The minimum Gasteiger partial charge on any atom is -0.508 e. The number of carboxylic acid groups (broad SMARTS) is 1. The van der Waals surface area contributed by atoms with Crippen LogP contribution in [0.15, 0.2) is 18.2 Å². The molecule has 0 heterocycles. The number of nitrogens with zero attached hydrogens (tertiary/aromatic N) is 1. The number of carboxylic acids is 1. The number of halogens is 1. The van der Waals surface area contributed by atoms with E-state index in [4.69, 9.17) is 5.11 Å². The van der Waals surface area contributed by atoms with Crippen LogP contribution in [-0.2, 0) is 4.79 Å². The first-order chi connectivity index (χ1) is 8.99. The summed E-state index contributed by atoms with van der Waals surface area (Å²) in [6, 6.07) is 4.22. The van der Waals surface area contributed by atoms with Crippen molar-refractivity contribution >= 4 is 5.97 Å². The molecular weight excluding hydrogens is 249 g/mol. The highest BCUT2D eigenvalue weighted by atomic mass is 19.1. The normalized spacial score (nSPS) is 16.6. The van der Waals surface area contributed by atoms with Crippen LogP contribution in [-0.4, -0.2) is 33.7 Å². The van der Waals surface area contributed by atoms with Gasteiger partial charge in [-0.3, -0.25) is 9.69 Å². The third kappa shape index (κ3) is 3.44. The zero-order chi connectivity index (χ0) is 14.0. The topological polar surface area (TPSA) is 60.8 Å². The first-order valence-electron chi connectivity index (χ1n) is 6.45. The fourth-order valence-electron chi connectivity index (χ4n) is 2.37. The number of phenolic OH excluding ortho intramolecular Hbond substituents is 1. The lowest BCUT2D eigenvalue weighted by Gasteiger charge is -2.29. The van der Waals surface area contributed by atoms with E-state index in [2.05, 4.69) is 4.90 Å². The van der Waals surface area contributed by atoms with Crippen molar-refractivity contribution in [1.29, 1.82) is 0 Å². The van der Waals surface area contributed by atoms with Crippen molar-refractivity contribution in [3.05, 3.63) is 29.6 Å². The summed E-state index contributed by atoms with van der Waals surface area (Å²) in [5.74, 6) is -1.38. The van der Waals surface area contributed by atoms with E-state index in [1.165, 1.54) is 6.07 Å². The van der Waals surface area contributed by atoms with E-state index in [-0.39, 0.29) is 18.2 Å². The molecule has 0 aromatic heterocycles. The Morgan fingerprint density at radius 2 is 2.21 bits per heavy atom. The summed E-state index contributed by atoms with van der Waals surface area (Å²) in [4.78, 5) is 12.8. The van der Waals surface area contributed by atoms with E-state index in [0.29, 0.717) is 18.2 Å². The molecule has 1 aromatic carbocycles. The van der Waals surface area contributed by atoms with Gasteiger partial charge in [0, 0.05) is 30.3 Å². The van der Waals surface area contributed by atoms with Crippen LogP contribution in [0, 0.1) is 5.82 Å². The molecule has 2 rings (SSSR count). The number of rotatable bonds is 6. The van der Waals surface area contributed by atoms with E-state index < -0.39 is 11.8 Å². The molecule has 1 saturated carbocycles. The fourth-order valence-corrected chi connectivity index (χ4v) is 2.37. The minimum absolute atomic E-state index is 0.0722. The molecule has 5 heteroatoms. The Bertz CT molecular complexity index is 474. The van der Waals surface area contributed by atoms with Crippen LogP contribution in [0.1, 0.15) is 37.8 Å². The van der Waals surface area contributed by atoms with Gasteiger partial charge in [-0.1, -0.05) is 6.07 Å². The molecular formula is C14H18FNO3. The lowest BCUT2D eigenvalue weighted by Crippen LogP contribution is -2.31. The molecule has 0 radical (unpaired) electrons. The molecule has 0 spiro atoms. The van der Waals surface area contributed by atoms with E-state index in [1.54, 1.807) is 6.07 Å². The number of hydrogen-bond donors (Lipinski definition) is 2. The molecule has 1 aromatic rings. The van der Waals surface area contributed by atoms with Gasteiger partial charge in [-0.2, -0.15) is 0 Å². The number of aromatic hydroxyl groups is 1. The van der Waals surface area contributed by atoms with Crippen LogP contribution in [0.2, 0.25) is 0 Å². The van der Waals surface area contributed by atoms with Crippen LogP contribution in [0.4, 0.5) is 4.39 Å². The lowest BCUT2D eigenvalue weighted by molar-refractivity contribution is -0.137. The largest absolute Gasteiger partial charge is 0.508 e. The van der Waals surface area contributed by atoms with Gasteiger partial charge in [-0.15, -0.1) is 0 Å². The van der Waals surface area contributed by atoms with Crippen molar-refractivity contribution in [3.8, 4) is 5.75 Å². The molecule has 0 bridgehead atoms. The van der Waals surface area contributed by atoms with Gasteiger partial charge in [0.05, 0.1) is 6.42 Å². The molecule has 1 aliphatic rings. The second kappa shape index (κ2) is 5.57. The monoisotopic (exact) mass is 267 g/mol. The van der Waals surface area contributed by atoms with Crippen molar-refractivity contribution in [2.24, 2.45) is 0 Å². The number of phenols is 1. The van der Waals surface area contributed by atoms with E-state index in [1.807, 2.05) is 6.92 Å². The van der Waals surface area contributed by atoms with E-state index in [9.17, 15) is 14.3 Å². The lowest BCUT2D eigenvalue weighted by atomic mass is 10.0. The van der Waals surface area contributed by atoms with Crippen molar-refractivity contribution in [3.63, 3.8) is 0 Å². The molecule has 1 aliphatic carbocycles. The second-order valence-corrected chi connectivity index (χ2v) is 4.99. The standard InChI is InChI=1S/C14H18FNO3/c1-9(12-5-2-10(15)8-13(12)17)16(11-3-4-11)7-6-14(18)19/h2,5,8-9,11,17H,3-4,6-7H2,1H3,(H,18,19). The van der Waals surface area contributed by atoms with Crippen LogP contribution in [0.3, 0.4) is 0 Å². The maximum absolute atomic E-state index is 13.0. The maximum atomic E-state index is 13.0. The van der Waals surface area contributed by atoms with Crippen molar-refractivity contribution in [2.75, 3.05) is 6.54 Å². The molecule has 104 valence electrons. The fraction of sp³-hybridized carbons (Fsp3) is 0.500. The van der Waals surface area contributed by atoms with Crippen LogP contribution in [0.5, 0.6) is 5.75 Å². The Hall–Kier alpha value is -1.62. The molecule has 2 N–H and O–H groups in total. The zero-order valence-electron chi connectivity index (χ0n) is 10.8. The molecule has 1 fully saturated rings. The molecule has 19 heavy (non-hydrogen) atoms. The van der Waals surface area contributed by atoms with Gasteiger partial charge >= 0.3 is 5.97 Å². The summed E-state index contributed by atoms with van der Waals surface area (Å²) >= 11 is 0. The van der Waals surface area contributed by atoms with Gasteiger partial charge in [0.25, 0.3) is 0 Å². The molecule has 0 amide bonds. The summed E-state index contributed by atoms with van der Waals surface area (Å²) in [5, 5.41) is 18.6. The quantitative estimate of drug-likeness (QED) is 0.831. The van der Waals surface area contributed by atoms with E-state index in [0.717, 1.165) is 18.9 Å². The third-order valence-electron chi connectivity index (χ3n) is 3.54. The average Bonchev–Trinajstić information content (AvgIpc) is 3.13. The average molecular weight is 267 g/mol. The van der Waals surface area contributed by atoms with Gasteiger partial charge < -0.3 is 10.2 Å². The van der Waals surface area contributed by atoms with Crippen molar-refractivity contribution in [2.45, 2.75) is 38.3 Å². The Labute approximate surface area is 111 Å². The highest BCUT2D eigenvalue weighted by Gasteiger charge is 2.33. The van der Waals surface area contributed by atoms with Crippen LogP contribution >= 0.6 is 0 Å². The third-order valence-corrected chi connectivity index (χ3v) is 3.54. The number of carbonyl (C=O) groups is 1. The number of benzene rings is 1. The summed E-state index contributed by atoms with van der Waals surface area (Å²) in [5.41, 5.74) is 0.638. The van der Waals surface area contributed by atoms with Crippen molar-refractivity contribution in [1.82, 2.24) is 4.90 Å². The Morgan fingerprint density at radius 1 is 1.53 bits per heavy atom.